The number of methoxy groups -OCH3 is 1. The van der Waals surface area contributed by atoms with Gasteiger partial charge in [0.15, 0.2) is 0 Å². The molecule has 0 spiro atoms. The van der Waals surface area contributed by atoms with Crippen molar-refractivity contribution >= 4 is 66.7 Å². The maximum atomic E-state index is 14.5. The van der Waals surface area contributed by atoms with Crippen molar-refractivity contribution in [3.8, 4) is 5.75 Å². The van der Waals surface area contributed by atoms with E-state index in [0.717, 1.165) is 15.4 Å². The first-order valence-electron chi connectivity index (χ1n) is 14.4. The smallest absolute Gasteiger partial charge is 0.264 e. The molecule has 2 amide bonds. The first kappa shape index (κ1) is 35.3. The van der Waals surface area contributed by atoms with Crippen molar-refractivity contribution in [3.63, 3.8) is 0 Å². The van der Waals surface area contributed by atoms with Gasteiger partial charge in [0, 0.05) is 29.6 Å². The minimum atomic E-state index is -4.29. The fourth-order valence-electron chi connectivity index (χ4n) is 4.85. The molecular formula is C34H34BrCl2N3O5S. The molecular weight excluding hydrogens is 713 g/mol. The van der Waals surface area contributed by atoms with Gasteiger partial charge in [-0.15, -0.1) is 0 Å². The Bertz CT molecular complexity index is 1790. The van der Waals surface area contributed by atoms with Crippen LogP contribution in [-0.2, 0) is 32.6 Å². The number of hydrogen-bond donors (Lipinski definition) is 1. The largest absolute Gasteiger partial charge is 0.496 e. The molecule has 8 nitrogen and oxygen atoms in total. The zero-order chi connectivity index (χ0) is 33.4. The lowest BCUT2D eigenvalue weighted by atomic mass is 10.0. The summed E-state index contributed by atoms with van der Waals surface area (Å²) in [5.41, 5.74) is 2.57. The summed E-state index contributed by atoms with van der Waals surface area (Å²) in [7, 11) is -2.81. The molecule has 0 aliphatic carbocycles. The van der Waals surface area contributed by atoms with E-state index >= 15 is 0 Å². The number of nitrogens with one attached hydrogen (secondary N) is 1. The number of sulfonamides is 1. The van der Waals surface area contributed by atoms with Crippen molar-refractivity contribution in [3.05, 3.63) is 122 Å². The van der Waals surface area contributed by atoms with Crippen LogP contribution in [0.4, 0.5) is 5.69 Å². The van der Waals surface area contributed by atoms with Gasteiger partial charge in [-0.25, -0.2) is 8.42 Å². The first-order valence-corrected chi connectivity index (χ1v) is 17.4. The zero-order valence-electron chi connectivity index (χ0n) is 25.5. The highest BCUT2D eigenvalue weighted by Gasteiger charge is 2.35. The molecule has 1 atom stereocenters. The number of likely N-dealkylation sites (N-methyl/N-ethyl adjacent to an activating group) is 1. The van der Waals surface area contributed by atoms with E-state index in [9.17, 15) is 18.0 Å². The van der Waals surface area contributed by atoms with Gasteiger partial charge in [0.2, 0.25) is 11.8 Å². The fourth-order valence-corrected chi connectivity index (χ4v) is 7.46. The number of nitrogens with zero attached hydrogens (tertiary/aromatic N) is 2. The monoisotopic (exact) mass is 745 g/mol. The molecule has 0 fully saturated rings. The van der Waals surface area contributed by atoms with Crippen molar-refractivity contribution in [2.75, 3.05) is 24.5 Å². The number of ether oxygens (including phenoxy) is 1. The number of benzene rings is 4. The van der Waals surface area contributed by atoms with Crippen molar-refractivity contribution in [2.24, 2.45) is 0 Å². The lowest BCUT2D eigenvalue weighted by Crippen LogP contribution is -2.53. The number of carbonyl (C=O) groups excluding carboxylic acids is 2. The minimum Gasteiger partial charge on any atom is -0.496 e. The third-order valence-corrected chi connectivity index (χ3v) is 10.3. The van der Waals surface area contributed by atoms with E-state index in [4.69, 9.17) is 27.9 Å². The third-order valence-electron chi connectivity index (χ3n) is 7.29. The molecule has 0 unspecified atom stereocenters. The molecule has 4 aromatic carbocycles. The number of anilines is 1. The summed E-state index contributed by atoms with van der Waals surface area (Å²) >= 11 is 16.1. The molecule has 4 aromatic rings. The summed E-state index contributed by atoms with van der Waals surface area (Å²) in [6, 6.07) is 24.4. The third kappa shape index (κ3) is 8.61. The van der Waals surface area contributed by atoms with Crippen LogP contribution in [0.5, 0.6) is 5.75 Å². The predicted molar refractivity (Wildman–Crippen MR) is 186 cm³/mol. The Morgan fingerprint density at radius 1 is 0.957 bits per heavy atom. The van der Waals surface area contributed by atoms with Gasteiger partial charge in [0.25, 0.3) is 10.0 Å². The topological polar surface area (TPSA) is 96.0 Å². The lowest BCUT2D eigenvalue weighted by molar-refractivity contribution is -0.140. The summed E-state index contributed by atoms with van der Waals surface area (Å²) in [4.78, 5) is 29.5. The second-order valence-corrected chi connectivity index (χ2v) is 14.1. The Morgan fingerprint density at radius 3 is 2.26 bits per heavy atom. The quantitative estimate of drug-likeness (QED) is 0.158. The molecule has 1 N–H and O–H groups in total. The van der Waals surface area contributed by atoms with Crippen LogP contribution >= 0.6 is 39.1 Å². The Kier molecular flexibility index (Phi) is 12.1. The van der Waals surface area contributed by atoms with Crippen LogP contribution in [0.2, 0.25) is 10.0 Å². The van der Waals surface area contributed by atoms with Gasteiger partial charge in [-0.1, -0.05) is 77.3 Å². The van der Waals surface area contributed by atoms with Gasteiger partial charge >= 0.3 is 0 Å². The van der Waals surface area contributed by atoms with Crippen molar-refractivity contribution in [1.82, 2.24) is 10.2 Å². The average Bonchev–Trinajstić information content (AvgIpc) is 3.03. The molecule has 242 valence electrons. The van der Waals surface area contributed by atoms with Gasteiger partial charge in [0.1, 0.15) is 18.3 Å². The van der Waals surface area contributed by atoms with E-state index in [2.05, 4.69) is 21.2 Å². The second kappa shape index (κ2) is 15.8. The van der Waals surface area contributed by atoms with E-state index in [1.165, 1.54) is 30.2 Å². The van der Waals surface area contributed by atoms with Gasteiger partial charge < -0.3 is 15.0 Å². The summed E-state index contributed by atoms with van der Waals surface area (Å²) < 4.78 is 35.3. The van der Waals surface area contributed by atoms with E-state index in [-0.39, 0.29) is 29.5 Å². The predicted octanol–water partition coefficient (Wildman–Crippen LogP) is 7.04. The van der Waals surface area contributed by atoms with Gasteiger partial charge in [-0.3, -0.25) is 13.9 Å². The number of aryl methyl sites for hydroxylation is 1. The Morgan fingerprint density at radius 2 is 1.65 bits per heavy atom. The zero-order valence-corrected chi connectivity index (χ0v) is 29.5. The Labute approximate surface area is 288 Å². The van der Waals surface area contributed by atoms with E-state index < -0.39 is 28.5 Å². The molecule has 0 aliphatic rings. The van der Waals surface area contributed by atoms with Crippen LogP contribution in [0.15, 0.2) is 100 Å². The second-order valence-electron chi connectivity index (χ2n) is 10.5. The molecule has 0 aromatic heterocycles. The highest BCUT2D eigenvalue weighted by molar-refractivity contribution is 9.10. The van der Waals surface area contributed by atoms with Gasteiger partial charge in [-0.2, -0.15) is 0 Å². The number of halogens is 3. The molecule has 0 bridgehead atoms. The summed E-state index contributed by atoms with van der Waals surface area (Å²) in [5, 5.41) is 3.57. The van der Waals surface area contributed by atoms with E-state index in [0.29, 0.717) is 32.4 Å². The number of hydrogen-bond acceptors (Lipinski definition) is 5. The van der Waals surface area contributed by atoms with Crippen molar-refractivity contribution in [1.29, 1.82) is 0 Å². The van der Waals surface area contributed by atoms with Crippen molar-refractivity contribution < 1.29 is 22.7 Å². The normalized spacial score (nSPS) is 11.9. The van der Waals surface area contributed by atoms with Crippen LogP contribution in [0, 0.1) is 6.92 Å². The summed E-state index contributed by atoms with van der Waals surface area (Å²) in [6.45, 7) is 3.35. The standard InChI is InChI=1S/C34H34BrCl2N3O5S/c1-4-38-34(42)31(18-24-8-6-5-7-9-24)39(21-25-12-13-26(36)19-30(25)37)33(41)22-40(27-14-10-23(2)11-15-27)46(43,44)28-16-17-32(45-3)29(35)20-28/h5-17,19-20,31H,4,18,21-22H2,1-3H3,(H,38,42)/t31-/m0/s1. The first-order chi connectivity index (χ1) is 21.9. The molecule has 46 heavy (non-hydrogen) atoms. The van der Waals surface area contributed by atoms with Gasteiger partial charge in [0.05, 0.1) is 22.2 Å². The molecule has 12 heteroatoms. The van der Waals surface area contributed by atoms with Crippen LogP contribution in [0.25, 0.3) is 0 Å². The highest BCUT2D eigenvalue weighted by atomic mass is 79.9. The average molecular weight is 748 g/mol. The maximum absolute atomic E-state index is 14.5. The van der Waals surface area contributed by atoms with Gasteiger partial charge in [-0.05, 0) is 83.4 Å². The molecule has 0 saturated carbocycles. The number of carbonyl (C=O) groups is 2. The Hall–Kier alpha value is -3.57. The molecule has 0 radical (unpaired) electrons. The SMILES string of the molecule is CCNC(=O)[C@H](Cc1ccccc1)N(Cc1ccc(Cl)cc1Cl)C(=O)CN(c1ccc(C)cc1)S(=O)(=O)c1ccc(OC)c(Br)c1. The molecule has 0 saturated heterocycles. The maximum Gasteiger partial charge on any atom is 0.264 e. The van der Waals surface area contributed by atoms with E-state index in [1.54, 1.807) is 49.4 Å². The van der Waals surface area contributed by atoms with Crippen LogP contribution in [0.3, 0.4) is 0 Å². The number of rotatable bonds is 13. The number of amides is 2. The van der Waals surface area contributed by atoms with Crippen LogP contribution in [-0.4, -0.2) is 51.4 Å². The summed E-state index contributed by atoms with van der Waals surface area (Å²) in [5.74, 6) is -0.530. The fraction of sp³-hybridized carbons (Fsp3) is 0.235. The molecule has 4 rings (SSSR count). The van der Waals surface area contributed by atoms with Crippen LogP contribution < -0.4 is 14.4 Å². The van der Waals surface area contributed by atoms with E-state index in [1.807, 2.05) is 37.3 Å². The van der Waals surface area contributed by atoms with Crippen LogP contribution in [0.1, 0.15) is 23.6 Å². The van der Waals surface area contributed by atoms with Crippen molar-refractivity contribution in [2.45, 2.75) is 37.8 Å². The molecule has 0 aliphatic heterocycles. The minimum absolute atomic E-state index is 0.0505. The lowest BCUT2D eigenvalue weighted by Gasteiger charge is -2.34. The Balaban J connectivity index is 1.82. The summed E-state index contributed by atoms with van der Waals surface area (Å²) in [6.07, 6.45) is 0.187. The highest BCUT2D eigenvalue weighted by Crippen LogP contribution is 2.31. The molecule has 0 heterocycles.